The number of rotatable bonds is 2. The van der Waals surface area contributed by atoms with Gasteiger partial charge in [-0.3, -0.25) is 9.59 Å². The number of aromatic nitrogens is 1. The third-order valence-electron chi connectivity index (χ3n) is 7.04. The number of hydrogen-bond acceptors (Lipinski definition) is 7. The largest absolute Gasteiger partial charge is 0.457 e. The van der Waals surface area contributed by atoms with Gasteiger partial charge in [-0.15, -0.1) is 11.3 Å². The molecule has 0 aliphatic carbocycles. The molecule has 0 amide bonds. The molecule has 190 valence electrons. The summed E-state index contributed by atoms with van der Waals surface area (Å²) in [5.41, 5.74) is 1.71. The molecule has 1 aromatic heterocycles. The number of aryl methyl sites for hydroxylation is 1. The van der Waals surface area contributed by atoms with E-state index in [0.29, 0.717) is 6.42 Å². The molecule has 1 aromatic rings. The number of cyclic esters (lactones) is 1. The van der Waals surface area contributed by atoms with Crippen molar-refractivity contribution in [3.05, 3.63) is 33.3 Å². The monoisotopic (exact) mass is 491 g/mol. The predicted octanol–water partition coefficient (Wildman–Crippen LogP) is 5.27. The molecule has 34 heavy (non-hydrogen) atoms. The van der Waals surface area contributed by atoms with Crippen molar-refractivity contribution in [3.8, 4) is 0 Å². The Hall–Kier alpha value is -1.83. The molecule has 6 nitrogen and oxygen atoms in total. The second-order valence-corrected chi connectivity index (χ2v) is 11.5. The highest BCUT2D eigenvalue weighted by molar-refractivity contribution is 7.09. The van der Waals surface area contributed by atoms with Crippen molar-refractivity contribution in [1.29, 1.82) is 0 Å². The molecule has 0 radical (unpaired) electrons. The summed E-state index contributed by atoms with van der Waals surface area (Å²) in [6.07, 6.45) is 4.33. The number of esters is 1. The van der Waals surface area contributed by atoms with E-state index in [2.05, 4.69) is 18.0 Å². The molecule has 5 atom stereocenters. The number of allylic oxidation sites excluding steroid dienone is 1. The highest BCUT2D eigenvalue weighted by Crippen LogP contribution is 2.32. The standard InChI is InChI=1S/C27H41NO5S/c1-16-9-8-10-17(2)25(31)19(4)26(32)27(6,7)23(29)14-24(30)33-22(12-11-16)18(3)13-21-15-34-20(5)28-21/h11,13,15,17,19,22-23,25,29,31H,8-10,12,14H2,1-7H3/b16-11-,18-13+/t17-,19-,22+,23+,25+/m0/s1. The van der Waals surface area contributed by atoms with Crippen LogP contribution in [0.15, 0.2) is 22.6 Å². The van der Waals surface area contributed by atoms with E-state index < -0.39 is 35.6 Å². The number of aliphatic hydroxyl groups is 2. The molecule has 2 heterocycles. The normalized spacial score (nSPS) is 32.1. The molecule has 0 fully saturated rings. The van der Waals surface area contributed by atoms with Gasteiger partial charge >= 0.3 is 5.97 Å². The van der Waals surface area contributed by atoms with Crippen LogP contribution in [0, 0.1) is 24.2 Å². The Morgan fingerprint density at radius 2 is 1.91 bits per heavy atom. The summed E-state index contributed by atoms with van der Waals surface area (Å²) in [6, 6.07) is 0. The molecule has 0 saturated heterocycles. The zero-order valence-corrected chi connectivity index (χ0v) is 22.4. The molecular formula is C27H41NO5S. The SMILES string of the molecule is C/C1=C/C[C@H](/C(C)=C/c2csc(C)n2)OC(=O)C[C@@H](O)C(C)(C)C(=O)[C@@H](C)[C@H](O)[C@@H](C)CCC1. The minimum Gasteiger partial charge on any atom is -0.457 e. The maximum atomic E-state index is 13.2. The van der Waals surface area contributed by atoms with E-state index in [9.17, 15) is 19.8 Å². The van der Waals surface area contributed by atoms with Crippen molar-refractivity contribution in [3.63, 3.8) is 0 Å². The van der Waals surface area contributed by atoms with Crippen LogP contribution in [0.1, 0.15) is 84.3 Å². The number of Topliss-reactive ketones (excluding diaryl/α,β-unsaturated/α-hetero) is 1. The lowest BCUT2D eigenvalue weighted by atomic mass is 9.73. The number of ether oxygens (including phenoxy) is 1. The van der Waals surface area contributed by atoms with E-state index in [-0.39, 0.29) is 18.1 Å². The highest BCUT2D eigenvalue weighted by atomic mass is 32.1. The predicted molar refractivity (Wildman–Crippen MR) is 136 cm³/mol. The van der Waals surface area contributed by atoms with Gasteiger partial charge in [0.05, 0.1) is 34.7 Å². The molecule has 7 heteroatoms. The first kappa shape index (κ1) is 28.4. The zero-order valence-electron chi connectivity index (χ0n) is 21.6. The lowest BCUT2D eigenvalue weighted by molar-refractivity contribution is -0.154. The number of hydrogen-bond donors (Lipinski definition) is 2. The lowest BCUT2D eigenvalue weighted by Gasteiger charge is -2.34. The topological polar surface area (TPSA) is 96.7 Å². The summed E-state index contributed by atoms with van der Waals surface area (Å²) in [5, 5.41) is 24.5. The Morgan fingerprint density at radius 1 is 1.24 bits per heavy atom. The smallest absolute Gasteiger partial charge is 0.309 e. The van der Waals surface area contributed by atoms with E-state index in [1.807, 2.05) is 32.2 Å². The van der Waals surface area contributed by atoms with Gasteiger partial charge in [0, 0.05) is 17.7 Å². The van der Waals surface area contributed by atoms with Gasteiger partial charge in [-0.25, -0.2) is 4.98 Å². The molecule has 0 aromatic carbocycles. The quantitative estimate of drug-likeness (QED) is 0.432. The summed E-state index contributed by atoms with van der Waals surface area (Å²) >= 11 is 1.56. The number of ketones is 1. The van der Waals surface area contributed by atoms with Crippen molar-refractivity contribution < 1.29 is 24.5 Å². The molecule has 0 saturated carbocycles. The van der Waals surface area contributed by atoms with Crippen molar-refractivity contribution in [1.82, 2.24) is 4.98 Å². The van der Waals surface area contributed by atoms with Crippen molar-refractivity contribution in [2.24, 2.45) is 17.3 Å². The van der Waals surface area contributed by atoms with Gasteiger partial charge in [0.1, 0.15) is 11.9 Å². The second-order valence-electron chi connectivity index (χ2n) is 10.4. The van der Waals surface area contributed by atoms with Crippen LogP contribution < -0.4 is 0 Å². The Labute approximate surface area is 208 Å². The Kier molecular flexibility index (Phi) is 10.2. The Balaban J connectivity index is 2.33. The maximum Gasteiger partial charge on any atom is 0.309 e. The zero-order chi connectivity index (χ0) is 25.6. The minimum absolute atomic E-state index is 0.0444. The summed E-state index contributed by atoms with van der Waals surface area (Å²) in [6.45, 7) is 12.8. The van der Waals surface area contributed by atoms with Gasteiger partial charge < -0.3 is 14.9 Å². The summed E-state index contributed by atoms with van der Waals surface area (Å²) in [4.78, 5) is 30.5. The minimum atomic E-state index is -1.21. The number of carbonyl (C=O) groups is 2. The molecule has 0 bridgehead atoms. The first-order chi connectivity index (χ1) is 15.8. The summed E-state index contributed by atoms with van der Waals surface area (Å²) in [5.74, 6) is -1.49. The maximum absolute atomic E-state index is 13.2. The van der Waals surface area contributed by atoms with Crippen LogP contribution in [0.2, 0.25) is 0 Å². The fraction of sp³-hybridized carbons (Fsp3) is 0.667. The van der Waals surface area contributed by atoms with E-state index >= 15 is 0 Å². The Bertz CT molecular complexity index is 916. The summed E-state index contributed by atoms with van der Waals surface area (Å²) in [7, 11) is 0. The van der Waals surface area contributed by atoms with Crippen LogP contribution in [0.5, 0.6) is 0 Å². The van der Waals surface area contributed by atoms with Crippen molar-refractivity contribution in [2.75, 3.05) is 0 Å². The van der Waals surface area contributed by atoms with Gasteiger partial charge in [0.25, 0.3) is 0 Å². The highest BCUT2D eigenvalue weighted by Gasteiger charge is 2.42. The third-order valence-corrected chi connectivity index (χ3v) is 7.83. The van der Waals surface area contributed by atoms with Gasteiger partial charge in [0.2, 0.25) is 0 Å². The average Bonchev–Trinajstić information content (AvgIpc) is 3.18. The summed E-state index contributed by atoms with van der Waals surface area (Å²) < 4.78 is 5.81. The molecule has 2 rings (SSSR count). The Morgan fingerprint density at radius 3 is 2.53 bits per heavy atom. The fourth-order valence-electron chi connectivity index (χ4n) is 4.40. The molecular weight excluding hydrogens is 450 g/mol. The van der Waals surface area contributed by atoms with Crippen molar-refractivity contribution >= 4 is 29.2 Å². The number of carbonyl (C=O) groups excluding carboxylic acids is 2. The first-order valence-corrected chi connectivity index (χ1v) is 13.1. The third kappa shape index (κ3) is 7.59. The van der Waals surface area contributed by atoms with Crippen LogP contribution in [0.4, 0.5) is 0 Å². The lowest BCUT2D eigenvalue weighted by Crippen LogP contribution is -2.45. The van der Waals surface area contributed by atoms with Crippen LogP contribution in [-0.2, 0) is 14.3 Å². The number of aliphatic hydroxyl groups excluding tert-OH is 2. The molecule has 0 unspecified atom stereocenters. The first-order valence-electron chi connectivity index (χ1n) is 12.2. The molecule has 1 aliphatic heterocycles. The van der Waals surface area contributed by atoms with E-state index in [0.717, 1.165) is 35.5 Å². The van der Waals surface area contributed by atoms with Crippen LogP contribution >= 0.6 is 11.3 Å². The van der Waals surface area contributed by atoms with Gasteiger partial charge in [-0.05, 0) is 57.6 Å². The van der Waals surface area contributed by atoms with Gasteiger partial charge in [-0.1, -0.05) is 39.3 Å². The van der Waals surface area contributed by atoms with Crippen molar-refractivity contribution in [2.45, 2.75) is 98.9 Å². The average molecular weight is 492 g/mol. The van der Waals surface area contributed by atoms with E-state index in [4.69, 9.17) is 4.74 Å². The van der Waals surface area contributed by atoms with Gasteiger partial charge in [0.15, 0.2) is 0 Å². The molecule has 2 N–H and O–H groups in total. The van der Waals surface area contributed by atoms with E-state index in [1.165, 1.54) is 5.57 Å². The van der Waals surface area contributed by atoms with Crippen LogP contribution in [-0.4, -0.2) is 45.3 Å². The second kappa shape index (κ2) is 12.2. The number of thiazole rings is 1. The number of nitrogens with zero attached hydrogens (tertiary/aromatic N) is 1. The van der Waals surface area contributed by atoms with Crippen LogP contribution in [0.3, 0.4) is 0 Å². The fourth-order valence-corrected chi connectivity index (χ4v) is 4.97. The molecule has 0 spiro atoms. The molecule has 1 aliphatic rings. The van der Waals surface area contributed by atoms with Crippen LogP contribution in [0.25, 0.3) is 6.08 Å². The van der Waals surface area contributed by atoms with Gasteiger partial charge in [-0.2, -0.15) is 0 Å². The van der Waals surface area contributed by atoms with E-state index in [1.54, 1.807) is 32.1 Å².